The smallest absolute Gasteiger partial charge is 0.216 e. The molecule has 0 aliphatic carbocycles. The Morgan fingerprint density at radius 1 is 1.41 bits per heavy atom. The van der Waals surface area contributed by atoms with Gasteiger partial charge in [0.05, 0.1) is 6.10 Å². The minimum absolute atomic E-state index is 0.137. The molecule has 3 N–H and O–H groups in total. The maximum absolute atomic E-state index is 10.7. The molecule has 0 heterocycles. The van der Waals surface area contributed by atoms with E-state index in [9.17, 15) is 15.0 Å². The lowest BCUT2D eigenvalue weighted by Crippen LogP contribution is -2.27. The third kappa shape index (κ3) is 4.54. The maximum Gasteiger partial charge on any atom is 0.216 e. The highest BCUT2D eigenvalue weighted by atomic mass is 16.3. The van der Waals surface area contributed by atoms with Gasteiger partial charge in [0.15, 0.2) is 0 Å². The number of nitrogens with one attached hydrogen (secondary N) is 1. The predicted octanol–water partition coefficient (Wildman–Crippen LogP) is 0.916. The minimum Gasteiger partial charge on any atom is -0.390 e. The number of hydrogen-bond acceptors (Lipinski definition) is 3. The van der Waals surface area contributed by atoms with Gasteiger partial charge < -0.3 is 15.5 Å². The van der Waals surface area contributed by atoms with E-state index in [0.717, 1.165) is 5.56 Å². The number of aliphatic hydroxyl groups is 2. The van der Waals surface area contributed by atoms with Crippen molar-refractivity contribution in [3.8, 4) is 0 Å². The van der Waals surface area contributed by atoms with Gasteiger partial charge in [-0.25, -0.2) is 0 Å². The highest BCUT2D eigenvalue weighted by Crippen LogP contribution is 2.19. The van der Waals surface area contributed by atoms with Crippen molar-refractivity contribution < 1.29 is 15.0 Å². The van der Waals surface area contributed by atoms with Gasteiger partial charge in [0.1, 0.15) is 6.10 Å². The van der Waals surface area contributed by atoms with E-state index in [1.54, 1.807) is 6.07 Å². The molecular weight excluding hydrogens is 218 g/mol. The minimum atomic E-state index is -0.913. The Bertz CT molecular complexity index is 379. The van der Waals surface area contributed by atoms with E-state index in [1.165, 1.54) is 6.92 Å². The van der Waals surface area contributed by atoms with Crippen LogP contribution in [0.2, 0.25) is 0 Å². The maximum atomic E-state index is 10.7. The van der Waals surface area contributed by atoms with Gasteiger partial charge in [-0.05, 0) is 18.9 Å². The number of carbonyl (C=O) groups excluding carboxylic acids is 1. The summed E-state index contributed by atoms with van der Waals surface area (Å²) in [5.41, 5.74) is 1.73. The van der Waals surface area contributed by atoms with Crippen molar-refractivity contribution in [2.75, 3.05) is 6.54 Å². The number of benzene rings is 1. The number of hydrogen-bond donors (Lipinski definition) is 3. The first-order valence-electron chi connectivity index (χ1n) is 5.68. The fourth-order valence-electron chi connectivity index (χ4n) is 1.63. The second kappa shape index (κ2) is 6.37. The summed E-state index contributed by atoms with van der Waals surface area (Å²) < 4.78 is 0. The van der Waals surface area contributed by atoms with Gasteiger partial charge in [-0.15, -0.1) is 0 Å². The summed E-state index contributed by atoms with van der Waals surface area (Å²) >= 11 is 0. The van der Waals surface area contributed by atoms with Gasteiger partial charge >= 0.3 is 0 Å². The van der Waals surface area contributed by atoms with Crippen molar-refractivity contribution in [1.29, 1.82) is 0 Å². The number of aryl methyl sites for hydroxylation is 1. The van der Waals surface area contributed by atoms with Crippen LogP contribution >= 0.6 is 0 Å². The summed E-state index contributed by atoms with van der Waals surface area (Å²) in [5, 5.41) is 22.3. The largest absolute Gasteiger partial charge is 0.390 e. The molecule has 0 fully saturated rings. The lowest BCUT2D eigenvalue weighted by Gasteiger charge is -2.18. The van der Waals surface area contributed by atoms with Gasteiger partial charge in [-0.2, -0.15) is 0 Å². The monoisotopic (exact) mass is 237 g/mol. The summed E-state index contributed by atoms with van der Waals surface area (Å²) in [5.74, 6) is -0.137. The number of carbonyl (C=O) groups is 1. The second-order valence-corrected chi connectivity index (χ2v) is 4.20. The number of aliphatic hydroxyl groups excluding tert-OH is 2. The van der Waals surface area contributed by atoms with Crippen LogP contribution in [0.25, 0.3) is 0 Å². The molecule has 1 aromatic rings. The van der Waals surface area contributed by atoms with Crippen LogP contribution in [0.5, 0.6) is 0 Å². The first-order chi connectivity index (χ1) is 8.00. The van der Waals surface area contributed by atoms with Gasteiger partial charge in [-0.3, -0.25) is 4.79 Å². The molecule has 2 unspecified atom stereocenters. The average Bonchev–Trinajstić information content (AvgIpc) is 2.27. The van der Waals surface area contributed by atoms with Gasteiger partial charge in [0.2, 0.25) is 5.91 Å². The summed E-state index contributed by atoms with van der Waals surface area (Å²) in [6.45, 7) is 3.71. The van der Waals surface area contributed by atoms with Crippen LogP contribution in [0, 0.1) is 6.92 Å². The Kier molecular flexibility index (Phi) is 5.12. The van der Waals surface area contributed by atoms with Crippen LogP contribution in [0.3, 0.4) is 0 Å². The Hall–Kier alpha value is -1.39. The second-order valence-electron chi connectivity index (χ2n) is 4.20. The highest BCUT2D eigenvalue weighted by Gasteiger charge is 2.17. The average molecular weight is 237 g/mol. The molecule has 0 aromatic heterocycles. The fraction of sp³-hybridized carbons (Fsp3) is 0.462. The van der Waals surface area contributed by atoms with Crippen molar-refractivity contribution in [3.05, 3.63) is 35.4 Å². The molecule has 0 aliphatic heterocycles. The van der Waals surface area contributed by atoms with E-state index in [-0.39, 0.29) is 5.91 Å². The third-order valence-corrected chi connectivity index (χ3v) is 2.56. The van der Waals surface area contributed by atoms with Crippen LogP contribution in [-0.4, -0.2) is 28.8 Å². The van der Waals surface area contributed by atoms with E-state index in [0.29, 0.717) is 18.5 Å². The van der Waals surface area contributed by atoms with Crippen LogP contribution in [0.1, 0.15) is 30.6 Å². The van der Waals surface area contributed by atoms with E-state index in [4.69, 9.17) is 0 Å². The van der Waals surface area contributed by atoms with Gasteiger partial charge in [0.25, 0.3) is 0 Å². The van der Waals surface area contributed by atoms with Crippen molar-refractivity contribution in [1.82, 2.24) is 5.32 Å². The zero-order valence-corrected chi connectivity index (χ0v) is 10.2. The molecule has 0 aliphatic rings. The normalized spacial score (nSPS) is 14.1. The van der Waals surface area contributed by atoms with Crippen LogP contribution < -0.4 is 5.32 Å². The molecular formula is C13H19NO3. The van der Waals surface area contributed by atoms with Gasteiger partial charge in [0, 0.05) is 13.5 Å². The van der Waals surface area contributed by atoms with Crippen LogP contribution in [0.4, 0.5) is 0 Å². The molecule has 1 rings (SSSR count). The first-order valence-corrected chi connectivity index (χ1v) is 5.68. The first kappa shape index (κ1) is 13.7. The fourth-order valence-corrected chi connectivity index (χ4v) is 1.63. The van der Waals surface area contributed by atoms with E-state index in [1.807, 2.05) is 25.1 Å². The SMILES string of the molecule is CC(=O)NCCC(O)C(O)c1cccc(C)c1. The molecule has 4 heteroatoms. The summed E-state index contributed by atoms with van der Waals surface area (Å²) in [7, 11) is 0. The third-order valence-electron chi connectivity index (χ3n) is 2.56. The molecule has 17 heavy (non-hydrogen) atoms. The predicted molar refractivity (Wildman–Crippen MR) is 65.4 cm³/mol. The molecule has 0 spiro atoms. The van der Waals surface area contributed by atoms with Crippen molar-refractivity contribution in [2.45, 2.75) is 32.5 Å². The Labute approximate surface area is 101 Å². The molecule has 0 saturated heterocycles. The summed E-state index contributed by atoms with van der Waals surface area (Å²) in [6, 6.07) is 7.39. The number of amides is 1. The molecule has 0 bridgehead atoms. The van der Waals surface area contributed by atoms with E-state index >= 15 is 0 Å². The zero-order valence-electron chi connectivity index (χ0n) is 10.2. The topological polar surface area (TPSA) is 69.6 Å². The van der Waals surface area contributed by atoms with E-state index in [2.05, 4.69) is 5.32 Å². The summed E-state index contributed by atoms with van der Waals surface area (Å²) in [4.78, 5) is 10.7. The molecule has 1 amide bonds. The van der Waals surface area contributed by atoms with Crippen LogP contribution in [-0.2, 0) is 4.79 Å². The molecule has 0 radical (unpaired) electrons. The van der Waals surface area contributed by atoms with Crippen molar-refractivity contribution >= 4 is 5.91 Å². The van der Waals surface area contributed by atoms with Gasteiger partial charge in [-0.1, -0.05) is 29.8 Å². The lowest BCUT2D eigenvalue weighted by atomic mass is 10.0. The molecule has 4 nitrogen and oxygen atoms in total. The number of rotatable bonds is 5. The molecule has 1 aromatic carbocycles. The zero-order chi connectivity index (χ0) is 12.8. The molecule has 0 saturated carbocycles. The summed E-state index contributed by atoms with van der Waals surface area (Å²) in [6.07, 6.45) is -1.46. The Balaban J connectivity index is 2.51. The van der Waals surface area contributed by atoms with E-state index < -0.39 is 12.2 Å². The molecule has 94 valence electrons. The van der Waals surface area contributed by atoms with Crippen molar-refractivity contribution in [2.24, 2.45) is 0 Å². The molecule has 2 atom stereocenters. The lowest BCUT2D eigenvalue weighted by molar-refractivity contribution is -0.119. The highest BCUT2D eigenvalue weighted by molar-refractivity contribution is 5.72. The van der Waals surface area contributed by atoms with Crippen LogP contribution in [0.15, 0.2) is 24.3 Å². The Morgan fingerprint density at radius 2 is 2.12 bits per heavy atom. The van der Waals surface area contributed by atoms with Crippen molar-refractivity contribution in [3.63, 3.8) is 0 Å². The quantitative estimate of drug-likeness (QED) is 0.713. The standard InChI is InChI=1S/C13H19NO3/c1-9-4-3-5-11(8-9)13(17)12(16)6-7-14-10(2)15/h3-5,8,12-13,16-17H,6-7H2,1-2H3,(H,14,15). The Morgan fingerprint density at radius 3 is 2.71 bits per heavy atom.